The third-order valence-corrected chi connectivity index (χ3v) is 3.59. The summed E-state index contributed by atoms with van der Waals surface area (Å²) < 4.78 is 0. The van der Waals surface area contributed by atoms with Gasteiger partial charge in [0.1, 0.15) is 0 Å². The highest BCUT2D eigenvalue weighted by molar-refractivity contribution is 5.89. The van der Waals surface area contributed by atoms with Crippen LogP contribution in [0.2, 0.25) is 0 Å². The number of carbonyl (C=O) groups is 2. The monoisotopic (exact) mass is 275 g/mol. The Bertz CT molecular complexity index is 473. The van der Waals surface area contributed by atoms with E-state index in [0.29, 0.717) is 19.5 Å². The van der Waals surface area contributed by atoms with Gasteiger partial charge in [0, 0.05) is 37.9 Å². The SMILES string of the molecule is CC(C)N1C[C@H](C(=O)NCCc2cccnc2)CC1=O. The zero-order valence-electron chi connectivity index (χ0n) is 12.0. The summed E-state index contributed by atoms with van der Waals surface area (Å²) in [6, 6.07) is 4.03. The van der Waals surface area contributed by atoms with Crippen LogP contribution in [0.5, 0.6) is 0 Å². The van der Waals surface area contributed by atoms with Crippen molar-refractivity contribution in [2.45, 2.75) is 32.7 Å². The fourth-order valence-electron chi connectivity index (χ4n) is 2.43. The molecule has 2 heterocycles. The molecule has 0 radical (unpaired) electrons. The van der Waals surface area contributed by atoms with Crippen LogP contribution in [-0.2, 0) is 16.0 Å². The maximum atomic E-state index is 12.0. The molecule has 0 aromatic carbocycles. The Morgan fingerprint density at radius 2 is 2.35 bits per heavy atom. The van der Waals surface area contributed by atoms with E-state index >= 15 is 0 Å². The van der Waals surface area contributed by atoms with Crippen LogP contribution in [0.3, 0.4) is 0 Å². The van der Waals surface area contributed by atoms with E-state index in [1.54, 1.807) is 17.3 Å². The van der Waals surface area contributed by atoms with Crippen LogP contribution < -0.4 is 5.32 Å². The van der Waals surface area contributed by atoms with Crippen LogP contribution in [0.1, 0.15) is 25.8 Å². The first kappa shape index (κ1) is 14.5. The van der Waals surface area contributed by atoms with E-state index in [9.17, 15) is 9.59 Å². The maximum Gasteiger partial charge on any atom is 0.225 e. The highest BCUT2D eigenvalue weighted by atomic mass is 16.2. The van der Waals surface area contributed by atoms with Gasteiger partial charge in [-0.05, 0) is 31.9 Å². The Morgan fingerprint density at radius 1 is 1.55 bits per heavy atom. The van der Waals surface area contributed by atoms with Gasteiger partial charge in [0.05, 0.1) is 5.92 Å². The van der Waals surface area contributed by atoms with Crippen molar-refractivity contribution in [3.8, 4) is 0 Å². The predicted octanol–water partition coefficient (Wildman–Crippen LogP) is 0.997. The lowest BCUT2D eigenvalue weighted by Crippen LogP contribution is -2.36. The molecule has 1 saturated heterocycles. The molecular formula is C15H21N3O2. The van der Waals surface area contributed by atoms with Crippen LogP contribution in [0, 0.1) is 5.92 Å². The zero-order valence-corrected chi connectivity index (χ0v) is 12.0. The summed E-state index contributed by atoms with van der Waals surface area (Å²) in [6.45, 7) is 5.06. The molecule has 5 nitrogen and oxygen atoms in total. The number of aromatic nitrogens is 1. The average molecular weight is 275 g/mol. The Balaban J connectivity index is 1.77. The van der Waals surface area contributed by atoms with Crippen molar-refractivity contribution in [2.24, 2.45) is 5.92 Å². The smallest absolute Gasteiger partial charge is 0.225 e. The number of nitrogens with one attached hydrogen (secondary N) is 1. The molecule has 20 heavy (non-hydrogen) atoms. The number of rotatable bonds is 5. The summed E-state index contributed by atoms with van der Waals surface area (Å²) >= 11 is 0. The average Bonchev–Trinajstić information content (AvgIpc) is 2.82. The lowest BCUT2D eigenvalue weighted by Gasteiger charge is -2.20. The Morgan fingerprint density at radius 3 is 2.95 bits per heavy atom. The second-order valence-electron chi connectivity index (χ2n) is 5.44. The maximum absolute atomic E-state index is 12.0. The normalized spacial score (nSPS) is 18.6. The molecule has 108 valence electrons. The third-order valence-electron chi connectivity index (χ3n) is 3.59. The van der Waals surface area contributed by atoms with Gasteiger partial charge in [-0.3, -0.25) is 14.6 Å². The molecule has 0 spiro atoms. The Kier molecular flexibility index (Phi) is 4.71. The standard InChI is InChI=1S/C15H21N3O2/c1-11(2)18-10-13(8-14(18)19)15(20)17-7-5-12-4-3-6-16-9-12/h3-4,6,9,11,13H,5,7-8,10H2,1-2H3,(H,17,20)/t13-/m1/s1. The summed E-state index contributed by atoms with van der Waals surface area (Å²) in [5, 5.41) is 2.91. The number of hydrogen-bond donors (Lipinski definition) is 1. The van der Waals surface area contributed by atoms with Gasteiger partial charge < -0.3 is 10.2 Å². The highest BCUT2D eigenvalue weighted by Crippen LogP contribution is 2.20. The van der Waals surface area contributed by atoms with Crippen molar-refractivity contribution in [3.63, 3.8) is 0 Å². The van der Waals surface area contributed by atoms with Crippen molar-refractivity contribution < 1.29 is 9.59 Å². The molecule has 1 aliphatic rings. The summed E-state index contributed by atoms with van der Waals surface area (Å²) in [7, 11) is 0. The number of likely N-dealkylation sites (tertiary alicyclic amines) is 1. The molecule has 1 atom stereocenters. The number of nitrogens with zero attached hydrogens (tertiary/aromatic N) is 2. The highest BCUT2D eigenvalue weighted by Gasteiger charge is 2.35. The third kappa shape index (κ3) is 3.56. The van der Waals surface area contributed by atoms with Gasteiger partial charge in [-0.2, -0.15) is 0 Å². The van der Waals surface area contributed by atoms with E-state index in [-0.39, 0.29) is 23.8 Å². The van der Waals surface area contributed by atoms with Gasteiger partial charge >= 0.3 is 0 Å². The lowest BCUT2D eigenvalue weighted by molar-refractivity contribution is -0.129. The van der Waals surface area contributed by atoms with Gasteiger partial charge in [-0.15, -0.1) is 0 Å². The van der Waals surface area contributed by atoms with Crippen molar-refractivity contribution >= 4 is 11.8 Å². The molecule has 0 aliphatic carbocycles. The summed E-state index contributed by atoms with van der Waals surface area (Å²) in [5.74, 6) is -0.156. The zero-order chi connectivity index (χ0) is 14.5. The van der Waals surface area contributed by atoms with Crippen LogP contribution in [-0.4, -0.2) is 40.8 Å². The van der Waals surface area contributed by atoms with Gasteiger partial charge in [-0.1, -0.05) is 6.07 Å². The Labute approximate surface area is 119 Å². The second-order valence-corrected chi connectivity index (χ2v) is 5.44. The number of amides is 2. The fourth-order valence-corrected chi connectivity index (χ4v) is 2.43. The molecule has 1 N–H and O–H groups in total. The second kappa shape index (κ2) is 6.50. The first-order valence-corrected chi connectivity index (χ1v) is 7.04. The van der Waals surface area contributed by atoms with Crippen molar-refractivity contribution in [3.05, 3.63) is 30.1 Å². The van der Waals surface area contributed by atoms with E-state index in [2.05, 4.69) is 10.3 Å². The minimum atomic E-state index is -0.209. The molecule has 5 heteroatoms. The fraction of sp³-hybridized carbons (Fsp3) is 0.533. The molecule has 1 aromatic heterocycles. The molecule has 1 aliphatic heterocycles. The van der Waals surface area contributed by atoms with E-state index in [1.165, 1.54) is 0 Å². The van der Waals surface area contributed by atoms with Gasteiger partial charge in [0.25, 0.3) is 0 Å². The van der Waals surface area contributed by atoms with Crippen molar-refractivity contribution in [2.75, 3.05) is 13.1 Å². The quantitative estimate of drug-likeness (QED) is 0.872. The minimum absolute atomic E-state index is 0.0228. The molecule has 1 aromatic rings. The predicted molar refractivity (Wildman–Crippen MR) is 75.9 cm³/mol. The van der Waals surface area contributed by atoms with E-state index in [1.807, 2.05) is 26.0 Å². The summed E-state index contributed by atoms with van der Waals surface area (Å²) in [5.41, 5.74) is 1.10. The van der Waals surface area contributed by atoms with Crippen LogP contribution in [0.25, 0.3) is 0 Å². The summed E-state index contributed by atoms with van der Waals surface area (Å²) in [4.78, 5) is 29.6. The van der Waals surface area contributed by atoms with Gasteiger partial charge in [-0.25, -0.2) is 0 Å². The van der Waals surface area contributed by atoms with Gasteiger partial charge in [0.2, 0.25) is 11.8 Å². The number of pyridine rings is 1. The molecule has 1 fully saturated rings. The van der Waals surface area contributed by atoms with Crippen LogP contribution in [0.15, 0.2) is 24.5 Å². The Hall–Kier alpha value is -1.91. The number of carbonyl (C=O) groups excluding carboxylic acids is 2. The summed E-state index contributed by atoms with van der Waals surface area (Å²) in [6.07, 6.45) is 4.61. The topological polar surface area (TPSA) is 62.3 Å². The molecule has 2 rings (SSSR count). The van der Waals surface area contributed by atoms with Crippen molar-refractivity contribution in [1.82, 2.24) is 15.2 Å². The number of hydrogen-bond acceptors (Lipinski definition) is 3. The van der Waals surface area contributed by atoms with Gasteiger partial charge in [0.15, 0.2) is 0 Å². The molecule has 0 unspecified atom stereocenters. The molecular weight excluding hydrogens is 254 g/mol. The molecule has 0 bridgehead atoms. The van der Waals surface area contributed by atoms with E-state index in [0.717, 1.165) is 12.0 Å². The minimum Gasteiger partial charge on any atom is -0.355 e. The van der Waals surface area contributed by atoms with E-state index < -0.39 is 0 Å². The molecule has 0 saturated carbocycles. The molecule has 2 amide bonds. The largest absolute Gasteiger partial charge is 0.355 e. The first-order chi connectivity index (χ1) is 9.58. The van der Waals surface area contributed by atoms with E-state index in [4.69, 9.17) is 0 Å². The van der Waals surface area contributed by atoms with Crippen LogP contribution >= 0.6 is 0 Å². The lowest BCUT2D eigenvalue weighted by atomic mass is 10.1. The first-order valence-electron chi connectivity index (χ1n) is 7.04. The van der Waals surface area contributed by atoms with Crippen LogP contribution in [0.4, 0.5) is 0 Å². The van der Waals surface area contributed by atoms with Crippen molar-refractivity contribution in [1.29, 1.82) is 0 Å².